The van der Waals surface area contributed by atoms with E-state index >= 15 is 0 Å². The number of esters is 2. The second kappa shape index (κ2) is 11.3. The fourth-order valence-corrected chi connectivity index (χ4v) is 3.68. The second-order valence-electron chi connectivity index (χ2n) is 7.71. The number of ether oxygens (including phenoxy) is 2. The summed E-state index contributed by atoms with van der Waals surface area (Å²) < 4.78 is 10.0. The van der Waals surface area contributed by atoms with Crippen LogP contribution in [0.25, 0.3) is 0 Å². The minimum Gasteiger partial charge on any atom is -0.462 e. The average molecular weight is 453 g/mol. The molecule has 3 rings (SSSR count). The van der Waals surface area contributed by atoms with Crippen LogP contribution < -0.4 is 5.32 Å². The molecule has 1 aliphatic heterocycles. The lowest BCUT2D eigenvalue weighted by molar-refractivity contribution is -0.128. The van der Waals surface area contributed by atoms with Crippen LogP contribution in [0, 0.1) is 5.92 Å². The van der Waals surface area contributed by atoms with Crippen LogP contribution in [0.3, 0.4) is 0 Å². The summed E-state index contributed by atoms with van der Waals surface area (Å²) in [6.45, 7) is 4.56. The molecule has 174 valence electrons. The van der Waals surface area contributed by atoms with Crippen molar-refractivity contribution < 1.29 is 28.7 Å². The van der Waals surface area contributed by atoms with Crippen molar-refractivity contribution in [3.8, 4) is 0 Å². The van der Waals surface area contributed by atoms with Gasteiger partial charge in [0.1, 0.15) is 0 Å². The zero-order valence-corrected chi connectivity index (χ0v) is 18.8. The van der Waals surface area contributed by atoms with E-state index in [0.29, 0.717) is 19.5 Å². The quantitative estimate of drug-likeness (QED) is 0.587. The number of amides is 2. The third-order valence-electron chi connectivity index (χ3n) is 5.32. The smallest absolute Gasteiger partial charge is 0.338 e. The lowest BCUT2D eigenvalue weighted by atomic mass is 10.1. The molecule has 0 radical (unpaired) electrons. The largest absolute Gasteiger partial charge is 0.462 e. The maximum atomic E-state index is 12.9. The number of benzene rings is 2. The molecule has 1 saturated heterocycles. The Morgan fingerprint density at radius 1 is 0.970 bits per heavy atom. The van der Waals surface area contributed by atoms with Crippen LogP contribution >= 0.6 is 0 Å². The highest BCUT2D eigenvalue weighted by molar-refractivity contribution is 6.01. The van der Waals surface area contributed by atoms with Gasteiger partial charge in [-0.1, -0.05) is 30.3 Å². The van der Waals surface area contributed by atoms with Crippen LogP contribution in [0.4, 0.5) is 5.69 Å². The first kappa shape index (κ1) is 24.0. The van der Waals surface area contributed by atoms with Crippen LogP contribution in [0.2, 0.25) is 0 Å². The van der Waals surface area contributed by atoms with Gasteiger partial charge in [0.15, 0.2) is 0 Å². The van der Waals surface area contributed by atoms with Crippen molar-refractivity contribution in [2.45, 2.75) is 26.7 Å². The monoisotopic (exact) mass is 452 g/mol. The molecule has 2 aromatic rings. The summed E-state index contributed by atoms with van der Waals surface area (Å²) in [7, 11) is 0. The second-order valence-corrected chi connectivity index (χ2v) is 7.71. The minimum atomic E-state index is -0.609. The van der Waals surface area contributed by atoms with E-state index in [1.807, 2.05) is 30.3 Å². The summed E-state index contributed by atoms with van der Waals surface area (Å²) in [6.07, 6.45) is 0.828. The SMILES string of the molecule is CCOC(=O)c1cc(NC(=O)[C@H]2CC(=O)N(CCc3ccccc3)C2)cc(C(=O)OCC)c1. The molecule has 2 amide bonds. The van der Waals surface area contributed by atoms with Crippen molar-refractivity contribution in [3.05, 3.63) is 65.2 Å². The predicted molar refractivity (Wildman–Crippen MR) is 122 cm³/mol. The van der Waals surface area contributed by atoms with E-state index in [0.717, 1.165) is 5.56 Å². The van der Waals surface area contributed by atoms with Crippen molar-refractivity contribution in [3.63, 3.8) is 0 Å². The molecular weight excluding hydrogens is 424 g/mol. The van der Waals surface area contributed by atoms with E-state index in [1.54, 1.807) is 18.7 Å². The Kier molecular flexibility index (Phi) is 8.18. The van der Waals surface area contributed by atoms with Crippen molar-refractivity contribution in [1.29, 1.82) is 0 Å². The molecule has 2 aromatic carbocycles. The third kappa shape index (κ3) is 6.41. The van der Waals surface area contributed by atoms with Gasteiger partial charge in [-0.25, -0.2) is 9.59 Å². The van der Waals surface area contributed by atoms with Gasteiger partial charge in [0, 0.05) is 25.2 Å². The van der Waals surface area contributed by atoms with Crippen molar-refractivity contribution in [2.75, 3.05) is 31.6 Å². The van der Waals surface area contributed by atoms with Crippen LogP contribution in [0.5, 0.6) is 0 Å². The van der Waals surface area contributed by atoms with Crippen LogP contribution in [-0.2, 0) is 25.5 Å². The summed E-state index contributed by atoms with van der Waals surface area (Å²) in [5, 5.41) is 2.74. The molecule has 1 N–H and O–H groups in total. The number of hydrogen-bond donors (Lipinski definition) is 1. The van der Waals surface area contributed by atoms with Gasteiger partial charge in [0.05, 0.1) is 30.3 Å². The zero-order valence-electron chi connectivity index (χ0n) is 18.8. The fourth-order valence-electron chi connectivity index (χ4n) is 3.68. The lowest BCUT2D eigenvalue weighted by Gasteiger charge is -2.17. The summed E-state index contributed by atoms with van der Waals surface area (Å²) in [5.74, 6) is -2.16. The number of hydrogen-bond acceptors (Lipinski definition) is 6. The molecule has 1 fully saturated rings. The number of anilines is 1. The Morgan fingerprint density at radius 3 is 2.15 bits per heavy atom. The standard InChI is InChI=1S/C25H28N2O6/c1-3-32-24(30)18-12-19(25(31)33-4-2)14-21(13-18)26-23(29)20-15-22(28)27(16-20)11-10-17-8-6-5-7-9-17/h5-9,12-14,20H,3-4,10-11,15-16H2,1-2H3,(H,26,29)/t20-/m0/s1. The fraction of sp³-hybridized carbons (Fsp3) is 0.360. The van der Waals surface area contributed by atoms with Gasteiger partial charge in [-0.3, -0.25) is 9.59 Å². The normalized spacial score (nSPS) is 15.3. The molecule has 1 atom stereocenters. The number of likely N-dealkylation sites (tertiary alicyclic amines) is 1. The summed E-state index contributed by atoms with van der Waals surface area (Å²) in [5.41, 5.74) is 1.65. The molecule has 1 aliphatic rings. The van der Waals surface area contributed by atoms with Crippen molar-refractivity contribution in [2.24, 2.45) is 5.92 Å². The summed E-state index contributed by atoms with van der Waals surface area (Å²) >= 11 is 0. The Hall–Kier alpha value is -3.68. The molecular formula is C25H28N2O6. The predicted octanol–water partition coefficient (Wildman–Crippen LogP) is 3.07. The average Bonchev–Trinajstić information content (AvgIpc) is 3.19. The first-order valence-corrected chi connectivity index (χ1v) is 11.0. The molecule has 1 heterocycles. The molecule has 0 saturated carbocycles. The number of nitrogens with zero attached hydrogens (tertiary/aromatic N) is 1. The molecule has 0 unspecified atom stereocenters. The molecule has 8 nitrogen and oxygen atoms in total. The number of rotatable bonds is 9. The molecule has 0 aromatic heterocycles. The summed E-state index contributed by atoms with van der Waals surface area (Å²) in [6, 6.07) is 14.1. The molecule has 33 heavy (non-hydrogen) atoms. The van der Waals surface area contributed by atoms with E-state index in [2.05, 4.69) is 5.32 Å². The Labute approximate surface area is 192 Å². The van der Waals surface area contributed by atoms with Crippen LogP contribution in [-0.4, -0.2) is 55.0 Å². The van der Waals surface area contributed by atoms with E-state index < -0.39 is 17.9 Å². The number of carbonyl (C=O) groups is 4. The number of carbonyl (C=O) groups excluding carboxylic acids is 4. The first-order chi connectivity index (χ1) is 15.9. The molecule has 0 aliphatic carbocycles. The Balaban J connectivity index is 1.68. The van der Waals surface area contributed by atoms with E-state index in [4.69, 9.17) is 9.47 Å². The molecule has 8 heteroatoms. The van der Waals surface area contributed by atoms with Gasteiger partial charge in [0.25, 0.3) is 0 Å². The van der Waals surface area contributed by atoms with Crippen molar-refractivity contribution in [1.82, 2.24) is 4.90 Å². The van der Waals surface area contributed by atoms with E-state index in [9.17, 15) is 19.2 Å². The van der Waals surface area contributed by atoms with Gasteiger partial charge < -0.3 is 19.7 Å². The maximum Gasteiger partial charge on any atom is 0.338 e. The molecule has 0 spiro atoms. The van der Waals surface area contributed by atoms with Gasteiger partial charge >= 0.3 is 11.9 Å². The van der Waals surface area contributed by atoms with Crippen LogP contribution in [0.1, 0.15) is 46.5 Å². The van der Waals surface area contributed by atoms with Crippen LogP contribution in [0.15, 0.2) is 48.5 Å². The van der Waals surface area contributed by atoms with Gasteiger partial charge in [-0.15, -0.1) is 0 Å². The third-order valence-corrected chi connectivity index (χ3v) is 5.32. The highest BCUT2D eigenvalue weighted by Crippen LogP contribution is 2.22. The van der Waals surface area contributed by atoms with E-state index in [-0.39, 0.29) is 48.3 Å². The minimum absolute atomic E-state index is 0.0708. The highest BCUT2D eigenvalue weighted by Gasteiger charge is 2.34. The first-order valence-electron chi connectivity index (χ1n) is 11.0. The van der Waals surface area contributed by atoms with Gasteiger partial charge in [-0.05, 0) is 44.0 Å². The van der Waals surface area contributed by atoms with Gasteiger partial charge in [0.2, 0.25) is 11.8 Å². The lowest BCUT2D eigenvalue weighted by Crippen LogP contribution is -2.30. The van der Waals surface area contributed by atoms with Crippen molar-refractivity contribution >= 4 is 29.4 Å². The summed E-state index contributed by atoms with van der Waals surface area (Å²) in [4.78, 5) is 51.4. The van der Waals surface area contributed by atoms with E-state index in [1.165, 1.54) is 18.2 Å². The van der Waals surface area contributed by atoms with Gasteiger partial charge in [-0.2, -0.15) is 0 Å². The Bertz CT molecular complexity index is 985. The Morgan fingerprint density at radius 2 is 1.58 bits per heavy atom. The topological polar surface area (TPSA) is 102 Å². The number of nitrogens with one attached hydrogen (secondary N) is 1. The maximum absolute atomic E-state index is 12.9. The molecule has 0 bridgehead atoms. The highest BCUT2D eigenvalue weighted by atomic mass is 16.5. The zero-order chi connectivity index (χ0) is 23.8.